The first kappa shape index (κ1) is 21.3. The lowest BCUT2D eigenvalue weighted by Gasteiger charge is -2.27. The molecule has 0 saturated carbocycles. The van der Waals surface area contributed by atoms with Gasteiger partial charge in [0.1, 0.15) is 0 Å². The molecule has 2 saturated heterocycles. The third-order valence-corrected chi connectivity index (χ3v) is 4.86. The molecule has 148 valence electrons. The smallest absolute Gasteiger partial charge is 0.251 e. The maximum absolute atomic E-state index is 12.2. The minimum absolute atomic E-state index is 0. The highest BCUT2D eigenvalue weighted by Gasteiger charge is 2.28. The molecule has 2 aliphatic rings. The number of piperazine rings is 1. The molecule has 0 aliphatic carbocycles. The van der Waals surface area contributed by atoms with Gasteiger partial charge in [0, 0.05) is 51.1 Å². The number of likely N-dealkylation sites (tertiary alicyclic amines) is 1. The Labute approximate surface area is 165 Å². The summed E-state index contributed by atoms with van der Waals surface area (Å²) >= 11 is 0. The van der Waals surface area contributed by atoms with Gasteiger partial charge in [0.15, 0.2) is 0 Å². The molecule has 3 amide bonds. The van der Waals surface area contributed by atoms with Crippen LogP contribution in [0.2, 0.25) is 0 Å². The highest BCUT2D eigenvalue weighted by Crippen LogP contribution is 2.16. The fourth-order valence-corrected chi connectivity index (χ4v) is 3.28. The number of carbonyl (C=O) groups excluding carboxylic acids is 3. The maximum Gasteiger partial charge on any atom is 0.251 e. The molecular weight excluding hydrogens is 368 g/mol. The van der Waals surface area contributed by atoms with Crippen molar-refractivity contribution in [3.8, 4) is 0 Å². The molecule has 1 aromatic carbocycles. The second-order valence-corrected chi connectivity index (χ2v) is 6.77. The van der Waals surface area contributed by atoms with Crippen LogP contribution in [0.15, 0.2) is 24.3 Å². The quantitative estimate of drug-likeness (QED) is 0.527. The number of nitrogens with one attached hydrogen (secondary N) is 2. The van der Waals surface area contributed by atoms with Gasteiger partial charge in [-0.05, 0) is 30.7 Å². The number of benzene rings is 1. The van der Waals surface area contributed by atoms with Crippen LogP contribution in [0.1, 0.15) is 35.2 Å². The Hall–Kier alpha value is -1.96. The summed E-state index contributed by atoms with van der Waals surface area (Å²) in [5.74, 6) is -0.340. The van der Waals surface area contributed by atoms with Gasteiger partial charge in [-0.15, -0.1) is 12.4 Å². The second-order valence-electron chi connectivity index (χ2n) is 6.77. The summed E-state index contributed by atoms with van der Waals surface area (Å²) in [4.78, 5) is 39.2. The maximum atomic E-state index is 12.2. The average Bonchev–Trinajstić information content (AvgIpc) is 2.98. The van der Waals surface area contributed by atoms with E-state index in [2.05, 4.69) is 15.5 Å². The molecule has 2 fully saturated rings. The van der Waals surface area contributed by atoms with Gasteiger partial charge in [-0.3, -0.25) is 19.3 Å². The van der Waals surface area contributed by atoms with Crippen molar-refractivity contribution in [1.29, 1.82) is 0 Å². The monoisotopic (exact) mass is 394 g/mol. The normalized spacial score (nSPS) is 17.7. The number of hydrogen-bond donors (Lipinski definition) is 2. The predicted molar refractivity (Wildman–Crippen MR) is 105 cm³/mol. The molecule has 7 nitrogen and oxygen atoms in total. The van der Waals surface area contributed by atoms with E-state index in [4.69, 9.17) is 0 Å². The summed E-state index contributed by atoms with van der Waals surface area (Å²) in [5.41, 5.74) is 1.44. The molecule has 8 heteroatoms. The van der Waals surface area contributed by atoms with Crippen LogP contribution in [0.5, 0.6) is 0 Å². The van der Waals surface area contributed by atoms with E-state index in [1.807, 2.05) is 0 Å². The number of halogens is 1. The van der Waals surface area contributed by atoms with Crippen molar-refractivity contribution in [2.75, 3.05) is 39.3 Å². The molecule has 0 bridgehead atoms. The van der Waals surface area contributed by atoms with Gasteiger partial charge in [0.05, 0.1) is 6.54 Å². The van der Waals surface area contributed by atoms with Gasteiger partial charge in [-0.2, -0.15) is 0 Å². The largest absolute Gasteiger partial charge is 0.352 e. The number of amides is 3. The lowest BCUT2D eigenvalue weighted by molar-refractivity contribution is -0.139. The van der Waals surface area contributed by atoms with Gasteiger partial charge < -0.3 is 15.5 Å². The zero-order valence-corrected chi connectivity index (χ0v) is 16.2. The molecule has 0 unspecified atom stereocenters. The lowest BCUT2D eigenvalue weighted by Crippen LogP contribution is -2.44. The molecule has 2 N–H and O–H groups in total. The van der Waals surface area contributed by atoms with Crippen molar-refractivity contribution >= 4 is 30.1 Å². The van der Waals surface area contributed by atoms with Crippen LogP contribution in [0.4, 0.5) is 0 Å². The van der Waals surface area contributed by atoms with Crippen molar-refractivity contribution in [2.45, 2.75) is 25.8 Å². The Bertz CT molecular complexity index is 643. The van der Waals surface area contributed by atoms with E-state index in [0.717, 1.165) is 44.7 Å². The van der Waals surface area contributed by atoms with Gasteiger partial charge in [0.2, 0.25) is 11.8 Å². The molecule has 27 heavy (non-hydrogen) atoms. The minimum Gasteiger partial charge on any atom is -0.352 e. The van der Waals surface area contributed by atoms with E-state index in [0.29, 0.717) is 24.9 Å². The molecule has 2 aliphatic heterocycles. The Kier molecular flexibility index (Phi) is 8.22. The number of rotatable bonds is 7. The van der Waals surface area contributed by atoms with Crippen LogP contribution in [0, 0.1) is 0 Å². The van der Waals surface area contributed by atoms with Gasteiger partial charge in [-0.1, -0.05) is 12.1 Å². The van der Waals surface area contributed by atoms with Gasteiger partial charge >= 0.3 is 0 Å². The van der Waals surface area contributed by atoms with Crippen molar-refractivity contribution in [1.82, 2.24) is 20.4 Å². The zero-order chi connectivity index (χ0) is 18.4. The fraction of sp³-hybridized carbons (Fsp3) is 0.526. The Morgan fingerprint density at radius 1 is 1.04 bits per heavy atom. The van der Waals surface area contributed by atoms with E-state index in [1.54, 1.807) is 24.3 Å². The second kappa shape index (κ2) is 10.4. The van der Waals surface area contributed by atoms with Crippen molar-refractivity contribution in [3.05, 3.63) is 35.4 Å². The molecule has 0 spiro atoms. The summed E-state index contributed by atoms with van der Waals surface area (Å²) < 4.78 is 0. The number of imide groups is 1. The Morgan fingerprint density at radius 2 is 1.67 bits per heavy atom. The van der Waals surface area contributed by atoms with Crippen molar-refractivity contribution in [2.24, 2.45) is 0 Å². The van der Waals surface area contributed by atoms with Crippen molar-refractivity contribution < 1.29 is 14.4 Å². The molecule has 0 atom stereocenters. The molecule has 2 heterocycles. The number of hydrogen-bond acceptors (Lipinski definition) is 5. The number of nitrogens with zero attached hydrogens (tertiary/aromatic N) is 2. The minimum atomic E-state index is -0.124. The summed E-state index contributed by atoms with van der Waals surface area (Å²) in [6.07, 6.45) is 1.53. The number of carbonyl (C=O) groups is 3. The zero-order valence-electron chi connectivity index (χ0n) is 15.4. The molecule has 1 aromatic rings. The van der Waals surface area contributed by atoms with Gasteiger partial charge in [0.25, 0.3) is 5.91 Å². The first-order valence-corrected chi connectivity index (χ1v) is 9.27. The van der Waals surface area contributed by atoms with Crippen LogP contribution in [-0.4, -0.2) is 66.8 Å². The fourth-order valence-electron chi connectivity index (χ4n) is 3.28. The first-order valence-electron chi connectivity index (χ1n) is 9.27. The highest BCUT2D eigenvalue weighted by molar-refractivity contribution is 6.01. The van der Waals surface area contributed by atoms with Crippen LogP contribution in [-0.2, 0) is 16.1 Å². The van der Waals surface area contributed by atoms with E-state index < -0.39 is 0 Å². The molecule has 0 aromatic heterocycles. The predicted octanol–water partition coefficient (Wildman–Crippen LogP) is 0.783. The summed E-state index contributed by atoms with van der Waals surface area (Å²) in [6, 6.07) is 7.08. The standard InChI is InChI=1S/C19H26N4O3.ClH/c24-17-6-7-18(25)23(17)14-15-2-4-16(5-3-15)19(26)21-8-1-11-22-12-9-20-10-13-22;/h2-5,20H,1,6-14H2,(H,21,26);1H. The summed E-state index contributed by atoms with van der Waals surface area (Å²) in [7, 11) is 0. The molecule has 0 radical (unpaired) electrons. The molecular formula is C19H27ClN4O3. The van der Waals surface area contributed by atoms with Crippen molar-refractivity contribution in [3.63, 3.8) is 0 Å². The first-order chi connectivity index (χ1) is 12.6. The molecule has 3 rings (SSSR count). The lowest BCUT2D eigenvalue weighted by atomic mass is 10.1. The van der Waals surface area contributed by atoms with E-state index in [-0.39, 0.29) is 36.7 Å². The summed E-state index contributed by atoms with van der Waals surface area (Å²) in [6.45, 7) is 6.14. The van der Waals surface area contributed by atoms with E-state index >= 15 is 0 Å². The van der Waals surface area contributed by atoms with Crippen LogP contribution in [0.25, 0.3) is 0 Å². The average molecular weight is 395 g/mol. The van der Waals surface area contributed by atoms with Crippen LogP contribution in [0.3, 0.4) is 0 Å². The Balaban J connectivity index is 0.00000261. The summed E-state index contributed by atoms with van der Waals surface area (Å²) in [5, 5.41) is 6.27. The van der Waals surface area contributed by atoms with Crippen LogP contribution < -0.4 is 10.6 Å². The Morgan fingerprint density at radius 3 is 2.30 bits per heavy atom. The van der Waals surface area contributed by atoms with Gasteiger partial charge in [-0.25, -0.2) is 0 Å². The highest BCUT2D eigenvalue weighted by atomic mass is 35.5. The van der Waals surface area contributed by atoms with Crippen LogP contribution >= 0.6 is 12.4 Å². The third-order valence-electron chi connectivity index (χ3n) is 4.86. The topological polar surface area (TPSA) is 81.8 Å². The SMILES string of the molecule is Cl.O=C(NCCCN1CCNCC1)c1ccc(CN2C(=O)CCC2=O)cc1. The van der Waals surface area contributed by atoms with E-state index in [9.17, 15) is 14.4 Å². The third kappa shape index (κ3) is 6.02. The van der Waals surface area contributed by atoms with E-state index in [1.165, 1.54) is 4.90 Å².